The molecule has 1 atom stereocenters. The molecule has 0 aromatic carbocycles. The monoisotopic (exact) mass is 200 g/mol. The molecule has 2 fully saturated rings. The first-order chi connectivity index (χ1) is 6.27. The molecule has 0 bridgehead atoms. The molecule has 74 valence electrons. The second-order valence-electron chi connectivity index (χ2n) is 3.56. The number of likely N-dealkylation sites (N-methyl/N-ethyl adjacent to an activating group) is 1. The Morgan fingerprint density at radius 1 is 1.54 bits per heavy atom. The van der Waals surface area contributed by atoms with Crippen molar-refractivity contribution >= 4 is 17.6 Å². The van der Waals surface area contributed by atoms with E-state index in [1.807, 2.05) is 11.8 Å². The van der Waals surface area contributed by atoms with Gasteiger partial charge in [-0.1, -0.05) is 0 Å². The van der Waals surface area contributed by atoms with Gasteiger partial charge < -0.3 is 4.90 Å². The molecule has 2 heterocycles. The third kappa shape index (κ3) is 1.98. The molecule has 1 unspecified atom stereocenters. The molecular formula is C8H16N4S. The van der Waals surface area contributed by atoms with E-state index in [9.17, 15) is 0 Å². The Morgan fingerprint density at radius 2 is 2.38 bits per heavy atom. The number of piperazine rings is 1. The van der Waals surface area contributed by atoms with Crippen molar-refractivity contribution in [1.29, 1.82) is 5.41 Å². The average molecular weight is 200 g/mol. The van der Waals surface area contributed by atoms with Crippen LogP contribution in [0.1, 0.15) is 0 Å². The number of nitrogens with one attached hydrogen (secondary N) is 2. The summed E-state index contributed by atoms with van der Waals surface area (Å²) < 4.78 is 0. The van der Waals surface area contributed by atoms with Gasteiger partial charge in [0.2, 0.25) is 0 Å². The molecule has 5 heteroatoms. The number of nitrogens with zero attached hydrogens (tertiary/aromatic N) is 2. The van der Waals surface area contributed by atoms with Crippen LogP contribution in [0.2, 0.25) is 0 Å². The van der Waals surface area contributed by atoms with Crippen molar-refractivity contribution in [3.05, 3.63) is 0 Å². The number of thioether (sulfide) groups is 1. The minimum atomic E-state index is 0.362. The van der Waals surface area contributed by atoms with Crippen LogP contribution in [0.3, 0.4) is 0 Å². The topological polar surface area (TPSA) is 42.4 Å². The Hall–Kier alpha value is -0.260. The Labute approximate surface area is 83.2 Å². The molecular weight excluding hydrogens is 184 g/mol. The van der Waals surface area contributed by atoms with Crippen molar-refractivity contribution in [3.63, 3.8) is 0 Å². The fourth-order valence-electron chi connectivity index (χ4n) is 1.71. The van der Waals surface area contributed by atoms with Gasteiger partial charge in [-0.15, -0.1) is 11.8 Å². The molecule has 2 rings (SSSR count). The van der Waals surface area contributed by atoms with Crippen molar-refractivity contribution in [2.24, 2.45) is 0 Å². The molecule has 2 aliphatic rings. The van der Waals surface area contributed by atoms with Gasteiger partial charge >= 0.3 is 0 Å². The Bertz CT molecular complexity index is 202. The van der Waals surface area contributed by atoms with Gasteiger partial charge in [0.15, 0.2) is 0 Å². The van der Waals surface area contributed by atoms with Crippen LogP contribution in [0.4, 0.5) is 0 Å². The lowest BCUT2D eigenvalue weighted by atomic mass is 10.3. The highest BCUT2D eigenvalue weighted by Gasteiger charge is 2.27. The molecule has 2 saturated heterocycles. The maximum absolute atomic E-state index is 7.87. The molecule has 0 aliphatic carbocycles. The lowest BCUT2D eigenvalue weighted by Crippen LogP contribution is -2.54. The van der Waals surface area contributed by atoms with Crippen LogP contribution in [0.15, 0.2) is 0 Å². The van der Waals surface area contributed by atoms with Crippen molar-refractivity contribution in [1.82, 2.24) is 15.1 Å². The summed E-state index contributed by atoms with van der Waals surface area (Å²) >= 11 is 1.91. The predicted octanol–water partition coefficient (Wildman–Crippen LogP) is -0.169. The van der Waals surface area contributed by atoms with Crippen molar-refractivity contribution < 1.29 is 0 Å². The van der Waals surface area contributed by atoms with Gasteiger partial charge in [0.05, 0.1) is 6.54 Å². The molecule has 0 aromatic heterocycles. The average Bonchev–Trinajstić information content (AvgIpc) is 2.56. The zero-order valence-corrected chi connectivity index (χ0v) is 8.73. The van der Waals surface area contributed by atoms with E-state index in [1.165, 1.54) is 5.75 Å². The first-order valence-corrected chi connectivity index (χ1v) is 5.70. The Balaban J connectivity index is 1.95. The molecule has 13 heavy (non-hydrogen) atoms. The van der Waals surface area contributed by atoms with Gasteiger partial charge in [-0.25, -0.2) is 0 Å². The SMILES string of the molecule is CN1CCN(C2NCCS2)C(=N)C1. The highest BCUT2D eigenvalue weighted by atomic mass is 32.2. The number of amidine groups is 1. The molecule has 0 radical (unpaired) electrons. The largest absolute Gasteiger partial charge is 0.334 e. The smallest absolute Gasteiger partial charge is 0.129 e. The quantitative estimate of drug-likeness (QED) is 0.617. The maximum atomic E-state index is 7.87. The first kappa shape index (κ1) is 9.30. The molecule has 2 N–H and O–H groups in total. The van der Waals surface area contributed by atoms with E-state index in [0.29, 0.717) is 5.50 Å². The van der Waals surface area contributed by atoms with Crippen molar-refractivity contribution in [3.8, 4) is 0 Å². The second-order valence-corrected chi connectivity index (χ2v) is 4.74. The van der Waals surface area contributed by atoms with Gasteiger partial charge in [-0.3, -0.25) is 15.6 Å². The summed E-state index contributed by atoms with van der Waals surface area (Å²) in [6.07, 6.45) is 0. The maximum Gasteiger partial charge on any atom is 0.129 e. The number of hydrogen-bond donors (Lipinski definition) is 2. The van der Waals surface area contributed by atoms with Crippen LogP contribution in [-0.4, -0.2) is 60.1 Å². The molecule has 0 saturated carbocycles. The van der Waals surface area contributed by atoms with Crippen LogP contribution >= 0.6 is 11.8 Å². The van der Waals surface area contributed by atoms with Gasteiger partial charge in [-0.05, 0) is 7.05 Å². The highest BCUT2D eigenvalue weighted by molar-refractivity contribution is 8.00. The van der Waals surface area contributed by atoms with Crippen LogP contribution < -0.4 is 5.32 Å². The number of hydrogen-bond acceptors (Lipinski definition) is 4. The van der Waals surface area contributed by atoms with E-state index in [1.54, 1.807) is 0 Å². The normalized spacial score (nSPS) is 31.3. The zero-order chi connectivity index (χ0) is 9.26. The lowest BCUT2D eigenvalue weighted by Gasteiger charge is -2.37. The fraction of sp³-hybridized carbons (Fsp3) is 0.875. The Morgan fingerprint density at radius 3 is 3.00 bits per heavy atom. The minimum absolute atomic E-state index is 0.362. The summed E-state index contributed by atoms with van der Waals surface area (Å²) in [5.41, 5.74) is 0.362. The summed E-state index contributed by atoms with van der Waals surface area (Å²) in [5, 5.41) is 11.3. The van der Waals surface area contributed by atoms with E-state index in [2.05, 4.69) is 22.2 Å². The highest BCUT2D eigenvalue weighted by Crippen LogP contribution is 2.19. The van der Waals surface area contributed by atoms with Gasteiger partial charge in [0.25, 0.3) is 0 Å². The third-order valence-electron chi connectivity index (χ3n) is 2.47. The second kappa shape index (κ2) is 3.86. The van der Waals surface area contributed by atoms with Gasteiger partial charge in [0.1, 0.15) is 11.3 Å². The van der Waals surface area contributed by atoms with E-state index in [-0.39, 0.29) is 0 Å². The van der Waals surface area contributed by atoms with E-state index < -0.39 is 0 Å². The van der Waals surface area contributed by atoms with E-state index in [4.69, 9.17) is 5.41 Å². The van der Waals surface area contributed by atoms with Crippen LogP contribution in [0.25, 0.3) is 0 Å². The van der Waals surface area contributed by atoms with E-state index >= 15 is 0 Å². The van der Waals surface area contributed by atoms with Crippen LogP contribution in [-0.2, 0) is 0 Å². The summed E-state index contributed by atoms with van der Waals surface area (Å²) in [7, 11) is 2.07. The standard InChI is InChI=1S/C8H16N4S/c1-11-3-4-12(7(9)6-11)8-10-2-5-13-8/h8-10H,2-6H2,1H3. The summed E-state index contributed by atoms with van der Waals surface area (Å²) in [5.74, 6) is 1.92. The minimum Gasteiger partial charge on any atom is -0.334 e. The van der Waals surface area contributed by atoms with E-state index in [0.717, 1.165) is 32.0 Å². The predicted molar refractivity (Wildman–Crippen MR) is 56.2 cm³/mol. The first-order valence-electron chi connectivity index (χ1n) is 4.65. The van der Waals surface area contributed by atoms with Crippen LogP contribution in [0.5, 0.6) is 0 Å². The van der Waals surface area contributed by atoms with Crippen molar-refractivity contribution in [2.45, 2.75) is 5.50 Å². The summed E-state index contributed by atoms with van der Waals surface area (Å²) in [6.45, 7) is 3.93. The molecule has 4 nitrogen and oxygen atoms in total. The van der Waals surface area contributed by atoms with Gasteiger partial charge in [0, 0.05) is 25.4 Å². The molecule has 2 aliphatic heterocycles. The molecule has 0 aromatic rings. The third-order valence-corrected chi connectivity index (χ3v) is 3.65. The van der Waals surface area contributed by atoms with Crippen molar-refractivity contribution in [2.75, 3.05) is 39.0 Å². The van der Waals surface area contributed by atoms with Gasteiger partial charge in [-0.2, -0.15) is 0 Å². The zero-order valence-electron chi connectivity index (χ0n) is 7.92. The molecule has 0 amide bonds. The lowest BCUT2D eigenvalue weighted by molar-refractivity contribution is 0.243. The number of rotatable bonds is 1. The summed E-state index contributed by atoms with van der Waals surface area (Å²) in [4.78, 5) is 4.37. The molecule has 0 spiro atoms. The Kier molecular flexibility index (Phi) is 2.76. The summed E-state index contributed by atoms with van der Waals surface area (Å²) in [6, 6.07) is 0. The fourth-order valence-corrected chi connectivity index (χ4v) is 2.82. The van der Waals surface area contributed by atoms with Crippen LogP contribution in [0, 0.1) is 5.41 Å².